The number of methoxy groups -OCH3 is 1. The van der Waals surface area contributed by atoms with E-state index >= 15 is 0 Å². The van der Waals surface area contributed by atoms with Crippen molar-refractivity contribution in [3.05, 3.63) is 75.7 Å². The Morgan fingerprint density at radius 1 is 1.29 bits per heavy atom. The van der Waals surface area contributed by atoms with E-state index in [0.29, 0.717) is 30.3 Å². The van der Waals surface area contributed by atoms with Crippen LogP contribution in [-0.2, 0) is 9.47 Å². The van der Waals surface area contributed by atoms with Crippen LogP contribution in [0.3, 0.4) is 0 Å². The number of ether oxygens (including phenoxy) is 2. The predicted molar refractivity (Wildman–Crippen MR) is 122 cm³/mol. The summed E-state index contributed by atoms with van der Waals surface area (Å²) in [5.41, 5.74) is 0.511. The van der Waals surface area contributed by atoms with E-state index in [9.17, 15) is 18.0 Å². The Morgan fingerprint density at radius 2 is 2.12 bits per heavy atom. The first kappa shape index (κ1) is 24.4. The number of nitrogens with one attached hydrogen (secondary N) is 1. The van der Waals surface area contributed by atoms with Gasteiger partial charge in [-0.15, -0.1) is 11.8 Å². The number of thioether (sulfide) groups is 1. The van der Waals surface area contributed by atoms with Crippen LogP contribution in [0.5, 0.6) is 0 Å². The molecule has 1 unspecified atom stereocenters. The predicted octanol–water partition coefficient (Wildman–Crippen LogP) is 4.63. The fraction of sp³-hybridized carbons (Fsp3) is 0.318. The molecular formula is C22H20ClF3N4O3S. The second-order valence-corrected chi connectivity index (χ2v) is 8.94. The van der Waals surface area contributed by atoms with E-state index in [1.54, 1.807) is 11.8 Å². The average molecular weight is 513 g/mol. The van der Waals surface area contributed by atoms with Crippen LogP contribution in [0.1, 0.15) is 23.7 Å². The van der Waals surface area contributed by atoms with Gasteiger partial charge >= 0.3 is 6.16 Å². The lowest BCUT2D eigenvalue weighted by Crippen LogP contribution is -2.35. The summed E-state index contributed by atoms with van der Waals surface area (Å²) in [6.07, 6.45) is 0.261. The monoisotopic (exact) mass is 512 g/mol. The van der Waals surface area contributed by atoms with Gasteiger partial charge in [-0.05, 0) is 12.1 Å². The lowest BCUT2D eigenvalue weighted by molar-refractivity contribution is 0.0909. The number of amidine groups is 1. The number of carbonyl (C=O) groups excluding carboxylic acids is 1. The summed E-state index contributed by atoms with van der Waals surface area (Å²) in [7, 11) is 1.16. The second kappa shape index (κ2) is 10.7. The quantitative estimate of drug-likeness (QED) is 0.565. The third kappa shape index (κ3) is 5.48. The zero-order valence-electron chi connectivity index (χ0n) is 18.0. The maximum atomic E-state index is 14.6. The average Bonchev–Trinajstić information content (AvgIpc) is 3.32. The van der Waals surface area contributed by atoms with Crippen LogP contribution in [0.4, 0.5) is 18.0 Å². The van der Waals surface area contributed by atoms with Crippen molar-refractivity contribution < 1.29 is 27.4 Å². The molecule has 1 N–H and O–H groups in total. The standard InChI is InChI=1S/C22H20ClF3N4O3S/c1-32-22(31)33-20-17(4-5-30-6-7-34-11-30)28-21(19-16(26)9-13(25)10-27-19)29-18(20)14-3-2-12(24)8-15(14)23/h2-3,8-10,18H,4-7,11H2,1H3,(H,28,29). The van der Waals surface area contributed by atoms with Crippen LogP contribution in [-0.4, -0.2) is 53.7 Å². The molecule has 3 heterocycles. The molecule has 12 heteroatoms. The molecule has 0 aliphatic carbocycles. The molecule has 0 amide bonds. The van der Waals surface area contributed by atoms with Gasteiger partial charge in [0.1, 0.15) is 23.4 Å². The Kier molecular flexibility index (Phi) is 7.64. The number of carbonyl (C=O) groups is 1. The van der Waals surface area contributed by atoms with Crippen molar-refractivity contribution in [3.8, 4) is 0 Å². The van der Waals surface area contributed by atoms with Crippen molar-refractivity contribution in [2.75, 3.05) is 31.8 Å². The van der Waals surface area contributed by atoms with Crippen molar-refractivity contribution in [2.24, 2.45) is 4.99 Å². The molecule has 1 fully saturated rings. The summed E-state index contributed by atoms with van der Waals surface area (Å²) in [6, 6.07) is 3.34. The highest BCUT2D eigenvalue weighted by molar-refractivity contribution is 7.99. The largest absolute Gasteiger partial charge is 0.513 e. The topological polar surface area (TPSA) is 76.1 Å². The fourth-order valence-corrected chi connectivity index (χ4v) is 4.87. The van der Waals surface area contributed by atoms with Crippen molar-refractivity contribution >= 4 is 35.4 Å². The van der Waals surface area contributed by atoms with E-state index in [1.807, 2.05) is 0 Å². The Balaban J connectivity index is 1.80. The van der Waals surface area contributed by atoms with Gasteiger partial charge in [-0.1, -0.05) is 17.7 Å². The minimum absolute atomic E-state index is 0.00842. The molecule has 1 atom stereocenters. The highest BCUT2D eigenvalue weighted by Crippen LogP contribution is 2.37. The molecule has 0 radical (unpaired) electrons. The molecule has 7 nitrogen and oxygen atoms in total. The van der Waals surface area contributed by atoms with Gasteiger partial charge in [0.25, 0.3) is 0 Å². The van der Waals surface area contributed by atoms with Gasteiger partial charge in [-0.2, -0.15) is 0 Å². The first-order valence-corrected chi connectivity index (χ1v) is 11.8. The molecule has 34 heavy (non-hydrogen) atoms. The molecule has 1 aromatic carbocycles. The van der Waals surface area contributed by atoms with E-state index in [2.05, 4.69) is 24.9 Å². The van der Waals surface area contributed by atoms with E-state index < -0.39 is 29.6 Å². The number of pyridine rings is 1. The fourth-order valence-electron chi connectivity index (χ4n) is 3.57. The number of nitrogens with zero attached hydrogens (tertiary/aromatic N) is 3. The maximum Gasteiger partial charge on any atom is 0.513 e. The van der Waals surface area contributed by atoms with Crippen LogP contribution in [0.2, 0.25) is 5.02 Å². The van der Waals surface area contributed by atoms with Gasteiger partial charge in [-0.3, -0.25) is 4.90 Å². The minimum atomic E-state index is -1.04. The number of benzene rings is 1. The summed E-state index contributed by atoms with van der Waals surface area (Å²) < 4.78 is 51.9. The number of halogens is 4. The van der Waals surface area contributed by atoms with Crippen LogP contribution >= 0.6 is 23.4 Å². The first-order chi connectivity index (χ1) is 16.4. The molecule has 0 saturated carbocycles. The summed E-state index contributed by atoms with van der Waals surface area (Å²) in [6.45, 7) is 1.51. The Hall–Kier alpha value is -2.76. The highest BCUT2D eigenvalue weighted by Gasteiger charge is 2.33. The van der Waals surface area contributed by atoms with Crippen LogP contribution in [0.25, 0.3) is 0 Å². The third-order valence-corrected chi connectivity index (χ3v) is 6.57. The molecule has 1 saturated heterocycles. The van der Waals surface area contributed by atoms with Crippen molar-refractivity contribution in [1.82, 2.24) is 15.2 Å². The SMILES string of the molecule is COC(=O)OC1=C(CCN2CCSC2)NC(c2ncc(F)cc2F)=NC1c1ccc(F)cc1Cl. The number of hydrogen-bond donors (Lipinski definition) is 1. The van der Waals surface area contributed by atoms with Crippen molar-refractivity contribution in [3.63, 3.8) is 0 Å². The van der Waals surface area contributed by atoms with Crippen molar-refractivity contribution in [2.45, 2.75) is 12.5 Å². The zero-order valence-corrected chi connectivity index (χ0v) is 19.6. The van der Waals surface area contributed by atoms with Gasteiger partial charge in [0.2, 0.25) is 0 Å². The van der Waals surface area contributed by atoms with E-state index in [1.165, 1.54) is 12.1 Å². The van der Waals surface area contributed by atoms with Gasteiger partial charge in [0.15, 0.2) is 17.4 Å². The summed E-state index contributed by atoms with van der Waals surface area (Å²) >= 11 is 8.10. The normalized spacial score (nSPS) is 18.5. The second-order valence-electron chi connectivity index (χ2n) is 7.46. The van der Waals surface area contributed by atoms with E-state index in [0.717, 1.165) is 37.5 Å². The summed E-state index contributed by atoms with van der Waals surface area (Å²) in [5.74, 6) is -0.407. The van der Waals surface area contributed by atoms with Crippen LogP contribution in [0, 0.1) is 17.5 Å². The molecule has 180 valence electrons. The molecule has 0 bridgehead atoms. The number of rotatable bonds is 6. The third-order valence-electron chi connectivity index (χ3n) is 5.23. The van der Waals surface area contributed by atoms with E-state index in [4.69, 9.17) is 16.3 Å². The summed E-state index contributed by atoms with van der Waals surface area (Å²) in [5, 5.41) is 3.02. The first-order valence-electron chi connectivity index (χ1n) is 10.3. The number of aliphatic imine (C=N–C) groups is 1. The van der Waals surface area contributed by atoms with Gasteiger partial charge in [0.05, 0.1) is 19.0 Å². The molecule has 2 aliphatic heterocycles. The molecular weight excluding hydrogens is 493 g/mol. The summed E-state index contributed by atoms with van der Waals surface area (Å²) in [4.78, 5) is 22.6. The Labute approximate surface area is 203 Å². The van der Waals surface area contributed by atoms with Gasteiger partial charge in [-0.25, -0.2) is 27.9 Å². The lowest BCUT2D eigenvalue weighted by atomic mass is 10.0. The van der Waals surface area contributed by atoms with Crippen molar-refractivity contribution in [1.29, 1.82) is 0 Å². The highest BCUT2D eigenvalue weighted by atomic mass is 35.5. The van der Waals surface area contributed by atoms with Crippen LogP contribution in [0.15, 0.2) is 46.9 Å². The van der Waals surface area contributed by atoms with Gasteiger partial charge < -0.3 is 14.8 Å². The molecule has 2 aromatic rings. The Bertz CT molecular complexity index is 1160. The number of aromatic nitrogens is 1. The lowest BCUT2D eigenvalue weighted by Gasteiger charge is -2.28. The molecule has 2 aliphatic rings. The smallest absolute Gasteiger partial charge is 0.437 e. The Morgan fingerprint density at radius 3 is 2.79 bits per heavy atom. The molecule has 4 rings (SSSR count). The maximum absolute atomic E-state index is 14.6. The van der Waals surface area contributed by atoms with Gasteiger partial charge in [0, 0.05) is 47.8 Å². The zero-order chi connectivity index (χ0) is 24.2. The van der Waals surface area contributed by atoms with Crippen LogP contribution < -0.4 is 5.32 Å². The number of hydrogen-bond acceptors (Lipinski definition) is 8. The minimum Gasteiger partial charge on any atom is -0.437 e. The van der Waals surface area contributed by atoms with E-state index in [-0.39, 0.29) is 22.3 Å². The molecule has 1 aromatic heterocycles. The molecule has 0 spiro atoms.